The first-order valence-electron chi connectivity index (χ1n) is 18.8. The summed E-state index contributed by atoms with van der Waals surface area (Å²) in [6.45, 7) is 2.02. The van der Waals surface area contributed by atoms with Crippen molar-refractivity contribution in [2.24, 2.45) is 5.92 Å². The number of aromatic hydroxyl groups is 3. The molecule has 0 spiro atoms. The number of phenols is 3. The fourth-order valence-corrected chi connectivity index (χ4v) is 7.38. The van der Waals surface area contributed by atoms with Gasteiger partial charge in [-0.05, 0) is 95.5 Å². The molecule has 10 nitrogen and oxygen atoms in total. The van der Waals surface area contributed by atoms with Gasteiger partial charge in [0.05, 0.1) is 19.3 Å². The van der Waals surface area contributed by atoms with Crippen molar-refractivity contribution >= 4 is 16.6 Å². The molecule has 6 aromatic rings. The van der Waals surface area contributed by atoms with E-state index in [0.717, 1.165) is 33.0 Å². The number of aliphatic hydroxyl groups excluding tert-OH is 2. The number of aliphatic hydroxyl groups is 2. The Morgan fingerprint density at radius 2 is 1.59 bits per heavy atom. The fourth-order valence-electron chi connectivity index (χ4n) is 7.38. The van der Waals surface area contributed by atoms with Gasteiger partial charge in [0.25, 0.3) is 0 Å². The van der Waals surface area contributed by atoms with E-state index in [1.807, 2.05) is 30.3 Å². The van der Waals surface area contributed by atoms with Crippen LogP contribution in [0.15, 0.2) is 116 Å². The lowest BCUT2D eigenvalue weighted by Crippen LogP contribution is -2.30. The first-order chi connectivity index (χ1) is 27.1. The summed E-state index contributed by atoms with van der Waals surface area (Å²) >= 11 is 0. The molecule has 0 fully saturated rings. The standard InChI is InChI=1S/C46H49N2O8/c1-29(49)26-48-28-56-45-21-30(13-15-41(45)51)20-39(33-10-6-11-37(50)23-33)44(54)25-43(53)36(19-31-17-18-47-27-31)22-35-14-16-42(52)46(55-2)40(35)24-34-9-5-8-32-7-3-4-12-38(32)34/h3-18,21,23,27,29,36,39,43,48-53H,19-20,22,24-26,28H2,1-2H3/q-1. The number of methoxy groups -OCH3 is 1. The Kier molecular flexibility index (Phi) is 13.3. The smallest absolute Gasteiger partial charge is 0.164 e. The van der Waals surface area contributed by atoms with Gasteiger partial charge < -0.3 is 40.0 Å². The largest absolute Gasteiger partial charge is 0.670 e. The van der Waals surface area contributed by atoms with Gasteiger partial charge >= 0.3 is 0 Å². The Balaban J connectivity index is 1.28. The Labute approximate surface area is 327 Å². The zero-order chi connectivity index (χ0) is 39.6. The maximum atomic E-state index is 14.4. The van der Waals surface area contributed by atoms with E-state index < -0.39 is 24.0 Å². The Bertz CT molecular complexity index is 2210. The van der Waals surface area contributed by atoms with E-state index in [4.69, 9.17) is 9.47 Å². The topological polar surface area (TPSA) is 163 Å². The molecule has 1 heterocycles. The van der Waals surface area contributed by atoms with Crippen molar-refractivity contribution in [3.8, 4) is 28.7 Å². The number of carbonyl (C=O) groups excluding carboxylic acids is 1. The van der Waals surface area contributed by atoms with Crippen LogP contribution in [0.5, 0.6) is 28.7 Å². The van der Waals surface area contributed by atoms with Crippen molar-refractivity contribution in [2.45, 2.75) is 57.2 Å². The monoisotopic (exact) mass is 757 g/mol. The van der Waals surface area contributed by atoms with E-state index in [1.165, 1.54) is 19.2 Å². The molecule has 10 heteroatoms. The molecule has 56 heavy (non-hydrogen) atoms. The highest BCUT2D eigenvalue weighted by Crippen LogP contribution is 2.38. The van der Waals surface area contributed by atoms with Crippen LogP contribution in [0.4, 0.5) is 0 Å². The van der Waals surface area contributed by atoms with E-state index in [-0.39, 0.29) is 48.4 Å². The Hall–Kier alpha value is -5.81. The zero-order valence-electron chi connectivity index (χ0n) is 31.6. The summed E-state index contributed by atoms with van der Waals surface area (Å²) in [5.41, 5.74) is 4.97. The average Bonchev–Trinajstić information content (AvgIpc) is 3.70. The van der Waals surface area contributed by atoms with E-state index in [1.54, 1.807) is 55.7 Å². The molecule has 0 aliphatic rings. The number of aromatic nitrogens is 1. The number of phenolic OH excluding ortho intramolecular Hbond substituents is 3. The van der Waals surface area contributed by atoms with Gasteiger partial charge in [-0.3, -0.25) is 10.1 Å². The number of fused-ring (bicyclic) bond motifs is 1. The molecule has 6 N–H and O–H groups in total. The third-order valence-corrected chi connectivity index (χ3v) is 10.2. The first kappa shape index (κ1) is 39.9. The van der Waals surface area contributed by atoms with Crippen LogP contribution in [-0.4, -0.2) is 63.9 Å². The van der Waals surface area contributed by atoms with Gasteiger partial charge in [0, 0.05) is 30.9 Å². The minimum atomic E-state index is -1.07. The van der Waals surface area contributed by atoms with Crippen molar-refractivity contribution in [1.29, 1.82) is 0 Å². The highest BCUT2D eigenvalue weighted by Gasteiger charge is 2.30. The van der Waals surface area contributed by atoms with E-state index in [9.17, 15) is 30.3 Å². The summed E-state index contributed by atoms with van der Waals surface area (Å²) < 4.78 is 11.5. The zero-order valence-corrected chi connectivity index (χ0v) is 31.6. The molecule has 0 saturated carbocycles. The molecule has 0 radical (unpaired) electrons. The molecule has 0 bridgehead atoms. The third-order valence-electron chi connectivity index (χ3n) is 10.2. The summed E-state index contributed by atoms with van der Waals surface area (Å²) in [4.78, 5) is 18.7. The normalized spacial score (nSPS) is 13.6. The molecule has 0 aliphatic carbocycles. The first-order valence-corrected chi connectivity index (χ1v) is 18.8. The quantitative estimate of drug-likeness (QED) is 0.0394. The number of benzene rings is 5. The minimum absolute atomic E-state index is 0.0151. The molecule has 4 unspecified atom stereocenters. The minimum Gasteiger partial charge on any atom is -0.670 e. The van der Waals surface area contributed by atoms with Gasteiger partial charge in [-0.15, -0.1) is 0 Å². The number of Topliss-reactive ketones (excluding diaryl/α,β-unsaturated/α-hetero) is 1. The molecular formula is C46H49N2O8-. The second kappa shape index (κ2) is 18.7. The predicted molar refractivity (Wildman–Crippen MR) is 216 cm³/mol. The van der Waals surface area contributed by atoms with Crippen LogP contribution in [-0.2, 0) is 30.5 Å². The van der Waals surface area contributed by atoms with Gasteiger partial charge in [-0.2, -0.15) is 12.4 Å². The maximum Gasteiger partial charge on any atom is 0.164 e. The number of nitrogens with one attached hydrogen (secondary N) is 1. The lowest BCUT2D eigenvalue weighted by molar-refractivity contribution is -0.123. The summed E-state index contributed by atoms with van der Waals surface area (Å²) in [5, 5.41) is 58.5. The maximum absolute atomic E-state index is 14.4. The lowest BCUT2D eigenvalue weighted by Gasteiger charge is -2.27. The molecule has 292 valence electrons. The van der Waals surface area contributed by atoms with Crippen LogP contribution in [0.2, 0.25) is 0 Å². The van der Waals surface area contributed by atoms with Crippen LogP contribution in [0.3, 0.4) is 0 Å². The molecule has 1 aromatic heterocycles. The SMILES string of the molecule is COc1c(O)ccc(CC(Cc2cc[n-]c2)C(O)CC(=O)C(Cc2ccc(O)c(OCNCC(C)O)c2)c2cccc(O)c2)c1Cc1cccc2ccccc12. The second-order valence-electron chi connectivity index (χ2n) is 14.4. The summed E-state index contributed by atoms with van der Waals surface area (Å²) in [5.74, 6) is -0.825. The Morgan fingerprint density at radius 1 is 0.804 bits per heavy atom. The van der Waals surface area contributed by atoms with Gasteiger partial charge in [0.15, 0.2) is 23.0 Å². The van der Waals surface area contributed by atoms with Crippen LogP contribution >= 0.6 is 0 Å². The summed E-state index contributed by atoms with van der Waals surface area (Å²) in [7, 11) is 1.53. The van der Waals surface area contributed by atoms with Gasteiger partial charge in [0.2, 0.25) is 0 Å². The molecule has 0 amide bonds. The number of hydrogen-bond donors (Lipinski definition) is 6. The second-order valence-corrected chi connectivity index (χ2v) is 14.4. The van der Waals surface area contributed by atoms with Crippen LogP contribution < -0.4 is 19.8 Å². The van der Waals surface area contributed by atoms with Crippen molar-refractivity contribution in [1.82, 2.24) is 10.3 Å². The van der Waals surface area contributed by atoms with Crippen LogP contribution in [0, 0.1) is 5.92 Å². The van der Waals surface area contributed by atoms with E-state index >= 15 is 0 Å². The molecule has 0 aliphatic heterocycles. The summed E-state index contributed by atoms with van der Waals surface area (Å²) in [6, 6.07) is 31.1. The molecular weight excluding hydrogens is 709 g/mol. The average molecular weight is 758 g/mol. The van der Waals surface area contributed by atoms with Crippen LogP contribution in [0.25, 0.3) is 10.8 Å². The highest BCUT2D eigenvalue weighted by molar-refractivity contribution is 5.87. The highest BCUT2D eigenvalue weighted by atomic mass is 16.5. The lowest BCUT2D eigenvalue weighted by atomic mass is 9.80. The Morgan fingerprint density at radius 3 is 2.36 bits per heavy atom. The van der Waals surface area contributed by atoms with Crippen molar-refractivity contribution in [3.05, 3.63) is 149 Å². The van der Waals surface area contributed by atoms with Crippen molar-refractivity contribution in [3.63, 3.8) is 0 Å². The van der Waals surface area contributed by atoms with E-state index in [0.29, 0.717) is 42.7 Å². The van der Waals surface area contributed by atoms with Gasteiger partial charge in [-0.1, -0.05) is 78.4 Å². The van der Waals surface area contributed by atoms with Gasteiger partial charge in [0.1, 0.15) is 18.3 Å². The van der Waals surface area contributed by atoms with E-state index in [2.05, 4.69) is 34.6 Å². The van der Waals surface area contributed by atoms with Crippen molar-refractivity contribution < 1.29 is 39.8 Å². The molecule has 0 saturated heterocycles. The number of nitrogens with zero attached hydrogens (tertiary/aromatic N) is 1. The van der Waals surface area contributed by atoms with Crippen molar-refractivity contribution in [2.75, 3.05) is 20.4 Å². The fraction of sp³-hybridized carbons (Fsp3) is 0.283. The van der Waals surface area contributed by atoms with Gasteiger partial charge in [-0.25, -0.2) is 0 Å². The number of rotatable bonds is 19. The number of carbonyl (C=O) groups is 1. The molecule has 6 rings (SSSR count). The number of hydrogen-bond acceptors (Lipinski definition) is 9. The number of ketones is 1. The predicted octanol–water partition coefficient (Wildman–Crippen LogP) is 6.57. The third kappa shape index (κ3) is 10.1. The molecule has 4 atom stereocenters. The molecule has 5 aromatic carbocycles. The van der Waals surface area contributed by atoms with Crippen LogP contribution in [0.1, 0.15) is 52.6 Å². The number of ether oxygens (including phenoxy) is 2. The summed E-state index contributed by atoms with van der Waals surface area (Å²) in [6.07, 6.45) is 3.19.